The van der Waals surface area contributed by atoms with Gasteiger partial charge in [0.15, 0.2) is 0 Å². The van der Waals surface area contributed by atoms with Crippen LogP contribution < -0.4 is 4.72 Å². The zero-order valence-corrected chi connectivity index (χ0v) is 12.1. The number of carboxylic acid groups (broad SMARTS) is 1. The van der Waals surface area contributed by atoms with Crippen LogP contribution >= 0.6 is 0 Å². The summed E-state index contributed by atoms with van der Waals surface area (Å²) in [6.45, 7) is 3.16. The summed E-state index contributed by atoms with van der Waals surface area (Å²) >= 11 is 0. The van der Waals surface area contributed by atoms with Crippen LogP contribution in [0, 0.1) is 11.7 Å². The van der Waals surface area contributed by atoms with Gasteiger partial charge < -0.3 is 9.52 Å². The molecule has 0 saturated carbocycles. The van der Waals surface area contributed by atoms with Crippen LogP contribution in [0.3, 0.4) is 0 Å². The minimum atomic E-state index is -4.14. The Labute approximate surface area is 120 Å². The number of rotatable bonds is 5. The molecule has 0 bridgehead atoms. The second kappa shape index (κ2) is 5.45. The van der Waals surface area contributed by atoms with Gasteiger partial charge in [-0.1, -0.05) is 13.8 Å². The Morgan fingerprint density at radius 2 is 2.00 bits per heavy atom. The van der Waals surface area contributed by atoms with Crippen LogP contribution in [0.2, 0.25) is 0 Å². The van der Waals surface area contributed by atoms with Gasteiger partial charge in [0.05, 0.1) is 0 Å². The van der Waals surface area contributed by atoms with Gasteiger partial charge in [-0.25, -0.2) is 12.8 Å². The van der Waals surface area contributed by atoms with Crippen LogP contribution in [0.15, 0.2) is 33.8 Å². The Bertz CT molecular complexity index is 781. The van der Waals surface area contributed by atoms with Crippen molar-refractivity contribution >= 4 is 27.0 Å². The highest BCUT2D eigenvalue weighted by Crippen LogP contribution is 2.24. The van der Waals surface area contributed by atoms with Gasteiger partial charge in [0, 0.05) is 11.5 Å². The molecule has 0 aliphatic rings. The van der Waals surface area contributed by atoms with E-state index < -0.39 is 38.9 Å². The summed E-state index contributed by atoms with van der Waals surface area (Å²) < 4.78 is 44.6. The van der Waals surface area contributed by atoms with Gasteiger partial charge in [-0.3, -0.25) is 4.79 Å². The monoisotopic (exact) mass is 315 g/mol. The van der Waals surface area contributed by atoms with Gasteiger partial charge in [0.25, 0.3) is 10.0 Å². The second-order valence-electron chi connectivity index (χ2n) is 4.93. The largest absolute Gasteiger partial charge is 0.480 e. The third-order valence-electron chi connectivity index (χ3n) is 2.94. The summed E-state index contributed by atoms with van der Waals surface area (Å²) in [6.07, 6.45) is 0. The molecular weight excluding hydrogens is 301 g/mol. The molecule has 2 N–H and O–H groups in total. The van der Waals surface area contributed by atoms with E-state index in [0.717, 1.165) is 18.2 Å². The lowest BCUT2D eigenvalue weighted by Crippen LogP contribution is -2.44. The Morgan fingerprint density at radius 1 is 1.33 bits per heavy atom. The number of nitrogens with one attached hydrogen (secondary N) is 1. The highest BCUT2D eigenvalue weighted by atomic mass is 32.2. The topological polar surface area (TPSA) is 96.6 Å². The minimum absolute atomic E-state index is 0.202. The lowest BCUT2D eigenvalue weighted by atomic mass is 10.1. The predicted molar refractivity (Wildman–Crippen MR) is 72.8 cm³/mol. The smallest absolute Gasteiger partial charge is 0.322 e. The van der Waals surface area contributed by atoms with Gasteiger partial charge in [0.2, 0.25) is 5.09 Å². The van der Waals surface area contributed by atoms with Crippen LogP contribution in [-0.4, -0.2) is 25.5 Å². The van der Waals surface area contributed by atoms with Crippen LogP contribution in [0.4, 0.5) is 4.39 Å². The fraction of sp³-hybridized carbons (Fsp3) is 0.308. The number of carboxylic acids is 1. The molecule has 0 radical (unpaired) electrons. The lowest BCUT2D eigenvalue weighted by molar-refractivity contribution is -0.140. The standard InChI is InChI=1S/C13H14FNO5S/c1-7(2)12(13(16)17)15-21(18,19)11-6-8-5-9(14)3-4-10(8)20-11/h3-7,12,15H,1-2H3,(H,16,17). The van der Waals surface area contributed by atoms with Crippen LogP contribution in [-0.2, 0) is 14.8 Å². The molecule has 0 aliphatic carbocycles. The van der Waals surface area contributed by atoms with Gasteiger partial charge in [0.1, 0.15) is 17.4 Å². The van der Waals surface area contributed by atoms with Crippen molar-refractivity contribution in [3.05, 3.63) is 30.1 Å². The van der Waals surface area contributed by atoms with Crippen molar-refractivity contribution in [2.45, 2.75) is 25.0 Å². The number of fused-ring (bicyclic) bond motifs is 1. The van der Waals surface area contributed by atoms with Crippen molar-refractivity contribution in [1.29, 1.82) is 0 Å². The summed E-state index contributed by atoms with van der Waals surface area (Å²) in [5.74, 6) is -2.25. The van der Waals surface area contributed by atoms with Crippen molar-refractivity contribution in [3.8, 4) is 0 Å². The first-order chi connectivity index (χ1) is 9.70. The molecule has 6 nitrogen and oxygen atoms in total. The first-order valence-corrected chi connectivity index (χ1v) is 7.63. The second-order valence-corrected chi connectivity index (χ2v) is 6.57. The summed E-state index contributed by atoms with van der Waals surface area (Å²) in [7, 11) is -4.14. The van der Waals surface area contributed by atoms with Gasteiger partial charge in [-0.15, -0.1) is 0 Å². The van der Waals surface area contributed by atoms with E-state index >= 15 is 0 Å². The Hall–Kier alpha value is -1.93. The van der Waals surface area contributed by atoms with Crippen LogP contribution in [0.1, 0.15) is 13.8 Å². The molecule has 2 aromatic rings. The molecule has 8 heteroatoms. The normalized spacial score (nSPS) is 13.7. The van der Waals surface area contributed by atoms with E-state index in [1.165, 1.54) is 6.07 Å². The van der Waals surface area contributed by atoms with Crippen LogP contribution in [0.5, 0.6) is 0 Å². The summed E-state index contributed by atoms with van der Waals surface area (Å²) in [4.78, 5) is 11.1. The van der Waals surface area contributed by atoms with Crippen molar-refractivity contribution in [2.75, 3.05) is 0 Å². The molecular formula is C13H14FNO5S. The molecule has 2 rings (SSSR count). The number of sulfonamides is 1. The predicted octanol–water partition coefficient (Wildman–Crippen LogP) is 1.96. The first kappa shape index (κ1) is 15.5. The quantitative estimate of drug-likeness (QED) is 0.879. The Kier molecular flexibility index (Phi) is 4.02. The fourth-order valence-corrected chi connectivity index (χ4v) is 3.12. The summed E-state index contributed by atoms with van der Waals surface area (Å²) in [5.41, 5.74) is 0.202. The molecule has 1 heterocycles. The number of halogens is 1. The molecule has 1 unspecified atom stereocenters. The third-order valence-corrected chi connectivity index (χ3v) is 4.23. The zero-order chi connectivity index (χ0) is 15.8. The summed E-state index contributed by atoms with van der Waals surface area (Å²) in [5, 5.41) is 8.86. The molecule has 0 saturated heterocycles. The highest BCUT2D eigenvalue weighted by Gasteiger charge is 2.30. The number of furan rings is 1. The van der Waals surface area contributed by atoms with E-state index in [4.69, 9.17) is 9.52 Å². The summed E-state index contributed by atoms with van der Waals surface area (Å²) in [6, 6.07) is 3.46. The van der Waals surface area contributed by atoms with Crippen LogP contribution in [0.25, 0.3) is 11.0 Å². The van der Waals surface area contributed by atoms with Gasteiger partial charge in [-0.2, -0.15) is 4.72 Å². The van der Waals surface area contributed by atoms with E-state index in [0.29, 0.717) is 0 Å². The number of hydrogen-bond acceptors (Lipinski definition) is 4. The average molecular weight is 315 g/mol. The van der Waals surface area contributed by atoms with Gasteiger partial charge >= 0.3 is 5.97 Å². The Morgan fingerprint density at radius 3 is 2.57 bits per heavy atom. The van der Waals surface area contributed by atoms with E-state index in [1.54, 1.807) is 13.8 Å². The highest BCUT2D eigenvalue weighted by molar-refractivity contribution is 7.89. The molecule has 114 valence electrons. The van der Waals surface area contributed by atoms with E-state index in [9.17, 15) is 17.6 Å². The number of aliphatic carboxylic acids is 1. The average Bonchev–Trinajstić information content (AvgIpc) is 2.79. The minimum Gasteiger partial charge on any atom is -0.480 e. The molecule has 0 spiro atoms. The number of carbonyl (C=O) groups is 1. The Balaban J connectivity index is 2.39. The number of hydrogen-bond donors (Lipinski definition) is 2. The maximum absolute atomic E-state index is 13.1. The lowest BCUT2D eigenvalue weighted by Gasteiger charge is -2.16. The van der Waals surface area contributed by atoms with E-state index in [2.05, 4.69) is 4.72 Å². The molecule has 0 fully saturated rings. The first-order valence-electron chi connectivity index (χ1n) is 6.15. The molecule has 1 aromatic carbocycles. The maximum atomic E-state index is 13.1. The van der Waals surface area contributed by atoms with Crippen molar-refractivity contribution in [1.82, 2.24) is 4.72 Å². The molecule has 1 aromatic heterocycles. The fourth-order valence-electron chi connectivity index (χ4n) is 1.82. The molecule has 0 aliphatic heterocycles. The van der Waals surface area contributed by atoms with E-state index in [1.807, 2.05) is 0 Å². The molecule has 21 heavy (non-hydrogen) atoms. The molecule has 0 amide bonds. The maximum Gasteiger partial charge on any atom is 0.322 e. The van der Waals surface area contributed by atoms with Gasteiger partial charge in [-0.05, 0) is 24.1 Å². The van der Waals surface area contributed by atoms with Crippen molar-refractivity contribution in [2.24, 2.45) is 5.92 Å². The van der Waals surface area contributed by atoms with E-state index in [-0.39, 0.29) is 11.0 Å². The zero-order valence-electron chi connectivity index (χ0n) is 11.3. The van der Waals surface area contributed by atoms with Crippen molar-refractivity contribution in [3.63, 3.8) is 0 Å². The molecule has 1 atom stereocenters. The SMILES string of the molecule is CC(C)C(NS(=O)(=O)c1cc2cc(F)ccc2o1)C(=O)O. The third kappa shape index (κ3) is 3.22. The van der Waals surface area contributed by atoms with Crippen molar-refractivity contribution < 1.29 is 27.1 Å². The number of benzene rings is 1.